The van der Waals surface area contributed by atoms with Crippen molar-refractivity contribution in [3.05, 3.63) is 42.0 Å². The van der Waals surface area contributed by atoms with Gasteiger partial charge in [0.15, 0.2) is 0 Å². The number of pyridine rings is 1. The van der Waals surface area contributed by atoms with Gasteiger partial charge < -0.3 is 14.5 Å². The topological polar surface area (TPSA) is 57.6 Å². The molecule has 2 aliphatic heterocycles. The fourth-order valence-electron chi connectivity index (χ4n) is 4.17. The van der Waals surface area contributed by atoms with Crippen molar-refractivity contribution in [2.75, 3.05) is 62.2 Å². The molecule has 2 aliphatic rings. The van der Waals surface area contributed by atoms with E-state index in [0.717, 1.165) is 81.8 Å². The maximum absolute atomic E-state index is 6.01. The molecule has 0 radical (unpaired) electrons. The molecule has 4 heterocycles. The maximum atomic E-state index is 6.01. The zero-order valence-corrected chi connectivity index (χ0v) is 18.6. The summed E-state index contributed by atoms with van der Waals surface area (Å²) in [5.74, 6) is 9.43. The monoisotopic (exact) mass is 420 g/mol. The normalized spacial score (nSPS) is 18.0. The van der Waals surface area contributed by atoms with Crippen LogP contribution >= 0.6 is 0 Å². The molecular weight excluding hydrogens is 388 g/mol. The van der Waals surface area contributed by atoms with E-state index in [1.807, 2.05) is 32.2 Å². The average Bonchev–Trinajstić information content (AvgIpc) is 2.80. The zero-order chi connectivity index (χ0) is 21.5. The van der Waals surface area contributed by atoms with Gasteiger partial charge in [0, 0.05) is 57.2 Å². The van der Waals surface area contributed by atoms with Crippen molar-refractivity contribution in [1.29, 1.82) is 0 Å². The van der Waals surface area contributed by atoms with Crippen LogP contribution in [0.5, 0.6) is 0 Å². The summed E-state index contributed by atoms with van der Waals surface area (Å²) in [4.78, 5) is 20.5. The highest BCUT2D eigenvalue weighted by atomic mass is 16.5. The van der Waals surface area contributed by atoms with Gasteiger partial charge in [-0.05, 0) is 38.8 Å². The summed E-state index contributed by atoms with van der Waals surface area (Å²) in [6, 6.07) is 8.14. The fourth-order valence-corrected chi connectivity index (χ4v) is 4.17. The summed E-state index contributed by atoms with van der Waals surface area (Å²) >= 11 is 0. The van der Waals surface area contributed by atoms with E-state index in [1.165, 1.54) is 0 Å². The molecule has 164 valence electrons. The molecule has 7 nitrogen and oxygen atoms in total. The second-order valence-corrected chi connectivity index (χ2v) is 8.22. The van der Waals surface area contributed by atoms with Gasteiger partial charge in [0.1, 0.15) is 24.1 Å². The van der Waals surface area contributed by atoms with Gasteiger partial charge in [0.2, 0.25) is 0 Å². The van der Waals surface area contributed by atoms with E-state index in [0.29, 0.717) is 6.61 Å². The van der Waals surface area contributed by atoms with Crippen LogP contribution in [0.15, 0.2) is 30.5 Å². The van der Waals surface area contributed by atoms with E-state index in [1.54, 1.807) is 0 Å². The van der Waals surface area contributed by atoms with Gasteiger partial charge in [-0.2, -0.15) is 0 Å². The number of rotatable bonds is 5. The predicted octanol–water partition coefficient (Wildman–Crippen LogP) is 2.30. The van der Waals surface area contributed by atoms with Crippen LogP contribution < -0.4 is 9.80 Å². The molecule has 0 bridgehead atoms. The van der Waals surface area contributed by atoms with Crippen molar-refractivity contribution in [3.63, 3.8) is 0 Å². The van der Waals surface area contributed by atoms with Gasteiger partial charge in [-0.1, -0.05) is 17.9 Å². The molecule has 7 heteroatoms. The molecule has 2 fully saturated rings. The third-order valence-corrected chi connectivity index (χ3v) is 5.88. The summed E-state index contributed by atoms with van der Waals surface area (Å²) in [7, 11) is 0. The first kappa shape index (κ1) is 21.5. The minimum atomic E-state index is 0.288. The molecule has 0 aliphatic carbocycles. The molecule has 0 unspecified atom stereocenters. The number of hydrogen-bond donors (Lipinski definition) is 0. The van der Waals surface area contributed by atoms with Gasteiger partial charge in [0.05, 0.1) is 12.6 Å². The fraction of sp³-hybridized carbons (Fsp3) is 0.542. The summed E-state index contributed by atoms with van der Waals surface area (Å²) in [6.45, 7) is 11.3. The van der Waals surface area contributed by atoms with Gasteiger partial charge in [-0.15, -0.1) is 0 Å². The highest BCUT2D eigenvalue weighted by Gasteiger charge is 2.21. The second-order valence-electron chi connectivity index (χ2n) is 8.22. The Morgan fingerprint density at radius 1 is 0.935 bits per heavy atom. The Kier molecular flexibility index (Phi) is 7.34. The molecule has 0 spiro atoms. The number of ether oxygens (including phenoxy) is 1. The molecule has 2 saturated heterocycles. The smallest absolute Gasteiger partial charge is 0.132 e. The minimum absolute atomic E-state index is 0.288. The van der Waals surface area contributed by atoms with Gasteiger partial charge >= 0.3 is 0 Å². The van der Waals surface area contributed by atoms with Crippen LogP contribution in [0.1, 0.15) is 24.4 Å². The first-order valence-electron chi connectivity index (χ1n) is 11.2. The Hall–Kier alpha value is -2.69. The number of anilines is 2. The minimum Gasteiger partial charge on any atom is -0.365 e. The molecule has 2 aromatic rings. The molecule has 0 saturated carbocycles. The standard InChI is InChI=1S/C24H32N6O/c1-20-19-24(27-21(2)26-20)29-12-8-22(9-13-29)31-18-6-5-11-28-14-16-30(17-15-28)23-7-3-4-10-25-23/h3-4,7,10,19,22H,8-9,11-18H2,1-2H3. The first-order chi connectivity index (χ1) is 15.2. The molecule has 4 rings (SSSR count). The Morgan fingerprint density at radius 3 is 2.42 bits per heavy atom. The van der Waals surface area contributed by atoms with Crippen LogP contribution in [0, 0.1) is 25.7 Å². The molecule has 0 N–H and O–H groups in total. The number of hydrogen-bond acceptors (Lipinski definition) is 7. The van der Waals surface area contributed by atoms with Gasteiger partial charge in [-0.3, -0.25) is 4.90 Å². The molecule has 0 aromatic carbocycles. The largest absolute Gasteiger partial charge is 0.365 e. The summed E-state index contributed by atoms with van der Waals surface area (Å²) in [5, 5.41) is 0. The highest BCUT2D eigenvalue weighted by molar-refractivity contribution is 5.40. The molecular formula is C24H32N6O. The van der Waals surface area contributed by atoms with Crippen molar-refractivity contribution < 1.29 is 4.74 Å². The van der Waals surface area contributed by atoms with Gasteiger partial charge in [0.25, 0.3) is 0 Å². The molecule has 31 heavy (non-hydrogen) atoms. The SMILES string of the molecule is Cc1cc(N2CCC(OCC#CCN3CCN(c4ccccn4)CC3)CC2)nc(C)n1. The van der Waals surface area contributed by atoms with Crippen molar-refractivity contribution in [1.82, 2.24) is 19.9 Å². The lowest BCUT2D eigenvalue weighted by atomic mass is 10.1. The number of aryl methyl sites for hydroxylation is 2. The Balaban J connectivity index is 1.12. The summed E-state index contributed by atoms with van der Waals surface area (Å²) in [6.07, 6.45) is 4.17. The van der Waals surface area contributed by atoms with Crippen molar-refractivity contribution >= 4 is 11.6 Å². The van der Waals surface area contributed by atoms with E-state index >= 15 is 0 Å². The lowest BCUT2D eigenvalue weighted by Crippen LogP contribution is -2.46. The van der Waals surface area contributed by atoms with Crippen LogP contribution in [-0.2, 0) is 4.74 Å². The van der Waals surface area contributed by atoms with Crippen LogP contribution in [0.3, 0.4) is 0 Å². The zero-order valence-electron chi connectivity index (χ0n) is 18.6. The maximum Gasteiger partial charge on any atom is 0.132 e. The Bertz CT molecular complexity index is 873. The lowest BCUT2D eigenvalue weighted by Gasteiger charge is -2.34. The average molecular weight is 421 g/mol. The third-order valence-electron chi connectivity index (χ3n) is 5.88. The Morgan fingerprint density at radius 2 is 1.71 bits per heavy atom. The summed E-state index contributed by atoms with van der Waals surface area (Å²) in [5.41, 5.74) is 1.02. The van der Waals surface area contributed by atoms with E-state index in [2.05, 4.69) is 53.6 Å². The van der Waals surface area contributed by atoms with Gasteiger partial charge in [-0.25, -0.2) is 15.0 Å². The number of nitrogens with zero attached hydrogens (tertiary/aromatic N) is 6. The summed E-state index contributed by atoms with van der Waals surface area (Å²) < 4.78 is 6.01. The van der Waals surface area contributed by atoms with Crippen LogP contribution in [-0.4, -0.2) is 78.4 Å². The predicted molar refractivity (Wildman–Crippen MR) is 123 cm³/mol. The van der Waals surface area contributed by atoms with Crippen LogP contribution in [0.4, 0.5) is 11.6 Å². The van der Waals surface area contributed by atoms with E-state index in [4.69, 9.17) is 4.74 Å². The molecule has 0 atom stereocenters. The molecule has 2 aromatic heterocycles. The van der Waals surface area contributed by atoms with Crippen molar-refractivity contribution in [2.24, 2.45) is 0 Å². The first-order valence-corrected chi connectivity index (χ1v) is 11.2. The van der Waals surface area contributed by atoms with E-state index in [-0.39, 0.29) is 6.10 Å². The van der Waals surface area contributed by atoms with E-state index < -0.39 is 0 Å². The number of piperazine rings is 1. The van der Waals surface area contributed by atoms with Crippen LogP contribution in [0.2, 0.25) is 0 Å². The van der Waals surface area contributed by atoms with E-state index in [9.17, 15) is 0 Å². The number of piperidine rings is 1. The Labute approximate surface area is 185 Å². The number of aromatic nitrogens is 3. The van der Waals surface area contributed by atoms with Crippen molar-refractivity contribution in [2.45, 2.75) is 32.8 Å². The highest BCUT2D eigenvalue weighted by Crippen LogP contribution is 2.20. The lowest BCUT2D eigenvalue weighted by molar-refractivity contribution is 0.0593. The second kappa shape index (κ2) is 10.6. The van der Waals surface area contributed by atoms with Crippen LogP contribution in [0.25, 0.3) is 0 Å². The third kappa shape index (κ3) is 6.16. The quantitative estimate of drug-likeness (QED) is 0.688. The molecule has 0 amide bonds. The van der Waals surface area contributed by atoms with Crippen molar-refractivity contribution in [3.8, 4) is 11.8 Å².